The van der Waals surface area contributed by atoms with Crippen molar-refractivity contribution in [2.45, 2.75) is 18.9 Å². The molecule has 7 nitrogen and oxygen atoms in total. The van der Waals surface area contributed by atoms with Crippen molar-refractivity contribution >= 4 is 28.6 Å². The number of halogens is 6. The number of benzene rings is 2. The minimum Gasteiger partial charge on any atom is -0.292 e. The zero-order chi connectivity index (χ0) is 25.8. The minimum atomic E-state index is -4.66. The zero-order valence-corrected chi connectivity index (χ0v) is 17.9. The molecule has 36 heavy (non-hydrogen) atoms. The maximum atomic E-state index is 13.2. The number of carbonyl (C=O) groups is 1. The molecule has 13 heteroatoms. The third-order valence-corrected chi connectivity index (χ3v) is 5.55. The molecule has 5 rings (SSSR count). The van der Waals surface area contributed by atoms with Gasteiger partial charge in [-0.3, -0.25) is 19.5 Å². The molecular weight excluding hydrogens is 492 g/mol. The molecule has 1 N–H and O–H groups in total. The number of anilines is 1. The Bertz CT molecular complexity index is 1610. The lowest BCUT2D eigenvalue weighted by molar-refractivity contribution is -0.138. The van der Waals surface area contributed by atoms with Crippen molar-refractivity contribution in [1.82, 2.24) is 19.3 Å². The fourth-order valence-corrected chi connectivity index (χ4v) is 3.88. The molecule has 1 amide bonds. The maximum absolute atomic E-state index is 13.2. The Labute approximate surface area is 197 Å². The van der Waals surface area contributed by atoms with Gasteiger partial charge in [0, 0.05) is 17.7 Å². The normalized spacial score (nSPS) is 13.6. The van der Waals surface area contributed by atoms with E-state index in [-0.39, 0.29) is 40.4 Å². The van der Waals surface area contributed by atoms with Crippen molar-refractivity contribution in [2.24, 2.45) is 0 Å². The Morgan fingerprint density at radius 3 is 2.31 bits per heavy atom. The van der Waals surface area contributed by atoms with E-state index >= 15 is 0 Å². The summed E-state index contributed by atoms with van der Waals surface area (Å²) in [7, 11) is 0. The molecule has 0 atom stereocenters. The number of hydrogen-bond donors (Lipinski definition) is 1. The van der Waals surface area contributed by atoms with E-state index in [0.717, 1.165) is 24.3 Å². The van der Waals surface area contributed by atoms with Gasteiger partial charge in [0.25, 0.3) is 11.5 Å². The lowest BCUT2D eigenvalue weighted by Gasteiger charge is -2.21. The van der Waals surface area contributed by atoms with Crippen LogP contribution in [-0.2, 0) is 18.9 Å². The second kappa shape index (κ2) is 8.07. The van der Waals surface area contributed by atoms with Gasteiger partial charge in [-0.1, -0.05) is 18.2 Å². The van der Waals surface area contributed by atoms with Crippen molar-refractivity contribution in [3.63, 3.8) is 0 Å². The summed E-state index contributed by atoms with van der Waals surface area (Å²) in [6.07, 6.45) is -6.49. The summed E-state index contributed by atoms with van der Waals surface area (Å²) >= 11 is 0. The van der Waals surface area contributed by atoms with E-state index < -0.39 is 34.9 Å². The van der Waals surface area contributed by atoms with Crippen LogP contribution in [0.5, 0.6) is 0 Å². The van der Waals surface area contributed by atoms with Crippen molar-refractivity contribution in [3.8, 4) is 0 Å². The highest BCUT2D eigenvalue weighted by molar-refractivity contribution is 6.04. The average molecular weight is 505 g/mol. The Balaban J connectivity index is 1.55. The summed E-state index contributed by atoms with van der Waals surface area (Å²) < 4.78 is 81.3. The zero-order valence-electron chi connectivity index (χ0n) is 17.9. The molecule has 1 aliphatic rings. The van der Waals surface area contributed by atoms with Crippen molar-refractivity contribution in [2.75, 3.05) is 5.32 Å². The molecule has 0 unspecified atom stereocenters. The summed E-state index contributed by atoms with van der Waals surface area (Å²) in [6, 6.07) is 8.30. The van der Waals surface area contributed by atoms with Gasteiger partial charge in [0.15, 0.2) is 5.65 Å². The molecule has 0 radical (unpaired) electrons. The number of allylic oxidation sites excluding steroid dienone is 1. The Morgan fingerprint density at radius 2 is 1.61 bits per heavy atom. The van der Waals surface area contributed by atoms with Gasteiger partial charge in [0.2, 0.25) is 5.95 Å². The topological polar surface area (TPSA) is 81.8 Å². The Morgan fingerprint density at radius 1 is 0.944 bits per heavy atom. The number of aromatic nitrogens is 4. The summed E-state index contributed by atoms with van der Waals surface area (Å²) in [5, 5.41) is 6.52. The molecule has 0 bridgehead atoms. The molecule has 4 aromatic rings. The molecule has 0 saturated carbocycles. The highest BCUT2D eigenvalue weighted by Crippen LogP contribution is 2.33. The molecule has 0 aliphatic carbocycles. The van der Waals surface area contributed by atoms with Crippen LogP contribution in [0.2, 0.25) is 0 Å². The molecule has 2 aromatic carbocycles. The third-order valence-electron chi connectivity index (χ3n) is 5.55. The average Bonchev–Trinajstić information content (AvgIpc) is 3.27. The van der Waals surface area contributed by atoms with Gasteiger partial charge >= 0.3 is 12.4 Å². The van der Waals surface area contributed by atoms with E-state index in [1.54, 1.807) is 0 Å². The standard InChI is InChI=1S/C23H13F6N5O2/c24-22(25,26)14-5-1-3-12(9-14)17-7-8-33-20-16(11-30-34(17)20)19(36)32-21(33)31-18(35)13-4-2-6-15(10-13)23(27,28)29/h1-7,9-11H,8H2,(H,31,32,35,36). The first kappa shape index (κ1) is 23.3. The largest absolute Gasteiger partial charge is 0.416 e. The lowest BCUT2D eigenvalue weighted by Crippen LogP contribution is -2.25. The molecular formula is C23H13F6N5O2. The number of hydrogen-bond acceptors (Lipinski definition) is 4. The highest BCUT2D eigenvalue weighted by Gasteiger charge is 2.32. The number of nitrogens with one attached hydrogen (secondary N) is 1. The summed E-state index contributed by atoms with van der Waals surface area (Å²) in [5.41, 5.74) is -2.35. The smallest absolute Gasteiger partial charge is 0.292 e. The van der Waals surface area contributed by atoms with Gasteiger partial charge in [-0.05, 0) is 36.4 Å². The Kier molecular flexibility index (Phi) is 5.23. The first-order chi connectivity index (χ1) is 16.9. The highest BCUT2D eigenvalue weighted by atomic mass is 19.4. The number of carbonyl (C=O) groups excluding carboxylic acids is 1. The van der Waals surface area contributed by atoms with Crippen LogP contribution in [0.3, 0.4) is 0 Å². The second-order valence-electron chi connectivity index (χ2n) is 7.85. The molecule has 0 spiro atoms. The van der Waals surface area contributed by atoms with E-state index in [1.165, 1.54) is 39.7 Å². The van der Waals surface area contributed by atoms with Crippen LogP contribution in [0.4, 0.5) is 32.3 Å². The van der Waals surface area contributed by atoms with Crippen LogP contribution >= 0.6 is 0 Å². The second-order valence-corrected chi connectivity index (χ2v) is 7.85. The molecule has 0 saturated heterocycles. The van der Waals surface area contributed by atoms with E-state index in [4.69, 9.17) is 0 Å². The van der Waals surface area contributed by atoms with Gasteiger partial charge in [-0.2, -0.15) is 36.4 Å². The lowest BCUT2D eigenvalue weighted by atomic mass is 10.1. The first-order valence-electron chi connectivity index (χ1n) is 10.3. The van der Waals surface area contributed by atoms with E-state index in [9.17, 15) is 35.9 Å². The monoisotopic (exact) mass is 505 g/mol. The van der Waals surface area contributed by atoms with Crippen molar-refractivity contribution < 1.29 is 31.1 Å². The first-order valence-corrected chi connectivity index (χ1v) is 10.3. The van der Waals surface area contributed by atoms with Gasteiger partial charge in [0.1, 0.15) is 5.39 Å². The van der Waals surface area contributed by atoms with Gasteiger partial charge < -0.3 is 0 Å². The molecule has 3 heterocycles. The van der Waals surface area contributed by atoms with E-state index in [2.05, 4.69) is 15.4 Å². The molecule has 184 valence electrons. The predicted molar refractivity (Wildman–Crippen MR) is 116 cm³/mol. The Hall–Kier alpha value is -4.42. The summed E-state index contributed by atoms with van der Waals surface area (Å²) in [4.78, 5) is 29.1. The van der Waals surface area contributed by atoms with Crippen LogP contribution < -0.4 is 10.9 Å². The minimum absolute atomic E-state index is 0.0146. The van der Waals surface area contributed by atoms with Crippen LogP contribution in [0.25, 0.3) is 16.7 Å². The maximum Gasteiger partial charge on any atom is 0.416 e. The van der Waals surface area contributed by atoms with Crippen LogP contribution in [0.1, 0.15) is 27.0 Å². The number of alkyl halides is 6. The van der Waals surface area contributed by atoms with Gasteiger partial charge in [-0.25, -0.2) is 4.68 Å². The van der Waals surface area contributed by atoms with Crippen LogP contribution in [-0.4, -0.2) is 25.2 Å². The van der Waals surface area contributed by atoms with Crippen molar-refractivity contribution in [3.05, 3.63) is 93.4 Å². The summed E-state index contributed by atoms with van der Waals surface area (Å²) in [6.45, 7) is -0.0146. The van der Waals surface area contributed by atoms with E-state index in [1.807, 2.05) is 0 Å². The summed E-state index contributed by atoms with van der Waals surface area (Å²) in [5.74, 6) is -1.19. The molecule has 0 fully saturated rings. The van der Waals surface area contributed by atoms with E-state index in [0.29, 0.717) is 6.07 Å². The molecule has 2 aromatic heterocycles. The number of rotatable bonds is 3. The van der Waals surface area contributed by atoms with Crippen molar-refractivity contribution in [1.29, 1.82) is 0 Å². The third kappa shape index (κ3) is 4.01. The van der Waals surface area contributed by atoms with Gasteiger partial charge in [0.05, 0.1) is 23.0 Å². The van der Waals surface area contributed by atoms with Crippen LogP contribution in [0, 0.1) is 0 Å². The predicted octanol–water partition coefficient (Wildman–Crippen LogP) is 4.79. The number of nitrogens with zero attached hydrogens (tertiary/aromatic N) is 4. The fourth-order valence-electron chi connectivity index (χ4n) is 3.88. The van der Waals surface area contributed by atoms with Gasteiger partial charge in [-0.15, -0.1) is 0 Å². The fraction of sp³-hybridized carbons (Fsp3) is 0.130. The molecule has 1 aliphatic heterocycles. The SMILES string of the molecule is O=C(Nc1nc(=O)c2cnn3c2n1CC=C3c1cccc(C(F)(F)F)c1)c1cccc(C(F)(F)F)c1. The quantitative estimate of drug-likeness (QED) is 0.406. The van der Waals surface area contributed by atoms with Crippen LogP contribution in [0.15, 0.2) is 65.6 Å². The number of amides is 1.